The first-order chi connectivity index (χ1) is 8.65. The van der Waals surface area contributed by atoms with Gasteiger partial charge in [0.25, 0.3) is 0 Å². The van der Waals surface area contributed by atoms with Gasteiger partial charge in [-0.2, -0.15) is 0 Å². The van der Waals surface area contributed by atoms with Gasteiger partial charge in [-0.1, -0.05) is 18.2 Å². The Morgan fingerprint density at radius 2 is 2.00 bits per heavy atom. The number of pyridine rings is 1. The van der Waals surface area contributed by atoms with Crippen LogP contribution in [-0.2, 0) is 17.6 Å². The van der Waals surface area contributed by atoms with Crippen LogP contribution >= 0.6 is 0 Å². The van der Waals surface area contributed by atoms with Crippen molar-refractivity contribution in [2.75, 3.05) is 5.73 Å². The Labute approximate surface area is 104 Å². The Balaban J connectivity index is 2.03. The van der Waals surface area contributed by atoms with Gasteiger partial charge in [-0.15, -0.1) is 0 Å². The van der Waals surface area contributed by atoms with Gasteiger partial charge in [0, 0.05) is 19.0 Å². The molecule has 0 aliphatic heterocycles. The van der Waals surface area contributed by atoms with Gasteiger partial charge in [0.1, 0.15) is 17.4 Å². The molecule has 0 atom stereocenters. The normalized spacial score (nSPS) is 10.3. The molecule has 3 nitrogen and oxygen atoms in total. The summed E-state index contributed by atoms with van der Waals surface area (Å²) < 4.78 is 13.4. The molecule has 0 radical (unpaired) electrons. The maximum absolute atomic E-state index is 13.4. The molecule has 92 valence electrons. The summed E-state index contributed by atoms with van der Waals surface area (Å²) in [5.74, 6) is -0.0167. The first-order valence-electron chi connectivity index (χ1n) is 5.60. The first kappa shape index (κ1) is 12.2. The topological polar surface area (TPSA) is 56.0 Å². The Kier molecular flexibility index (Phi) is 3.67. The summed E-state index contributed by atoms with van der Waals surface area (Å²) in [4.78, 5) is 15.7. The van der Waals surface area contributed by atoms with Crippen LogP contribution in [0.3, 0.4) is 0 Å². The third-order valence-electron chi connectivity index (χ3n) is 2.59. The molecule has 1 heterocycles. The van der Waals surface area contributed by atoms with E-state index in [0.717, 1.165) is 5.56 Å². The van der Waals surface area contributed by atoms with Gasteiger partial charge in [0.15, 0.2) is 0 Å². The minimum absolute atomic E-state index is 0.0503. The summed E-state index contributed by atoms with van der Waals surface area (Å²) in [5.41, 5.74) is 6.74. The number of nitrogens with zero attached hydrogens (tertiary/aromatic N) is 1. The van der Waals surface area contributed by atoms with Crippen molar-refractivity contribution in [2.45, 2.75) is 12.8 Å². The number of hydrogen-bond acceptors (Lipinski definition) is 3. The minimum atomic E-state index is -0.347. The van der Waals surface area contributed by atoms with Gasteiger partial charge in [0.05, 0.1) is 0 Å². The predicted octanol–water partition coefficient (Wildman–Crippen LogP) is 2.16. The maximum Gasteiger partial charge on any atom is 0.141 e. The molecule has 0 bridgehead atoms. The number of aromatic nitrogens is 1. The second-order valence-electron chi connectivity index (χ2n) is 4.07. The maximum atomic E-state index is 13.4. The van der Waals surface area contributed by atoms with Crippen molar-refractivity contribution < 1.29 is 9.18 Å². The van der Waals surface area contributed by atoms with E-state index in [1.807, 2.05) is 0 Å². The molecule has 0 amide bonds. The zero-order valence-electron chi connectivity index (χ0n) is 9.77. The van der Waals surface area contributed by atoms with Crippen molar-refractivity contribution in [1.82, 2.24) is 4.98 Å². The fraction of sp³-hybridized carbons (Fsp3) is 0.143. The molecule has 1 aromatic carbocycles. The van der Waals surface area contributed by atoms with Crippen molar-refractivity contribution in [2.24, 2.45) is 0 Å². The number of anilines is 1. The van der Waals surface area contributed by atoms with Crippen LogP contribution in [0.25, 0.3) is 0 Å². The van der Waals surface area contributed by atoms with E-state index in [4.69, 9.17) is 5.73 Å². The first-order valence-corrected chi connectivity index (χ1v) is 5.60. The van der Waals surface area contributed by atoms with E-state index in [1.54, 1.807) is 36.5 Å². The van der Waals surface area contributed by atoms with Crippen LogP contribution in [0.5, 0.6) is 0 Å². The monoisotopic (exact) mass is 244 g/mol. The highest BCUT2D eigenvalue weighted by Gasteiger charge is 2.08. The average Bonchev–Trinajstić information content (AvgIpc) is 2.32. The molecule has 0 fully saturated rings. The van der Waals surface area contributed by atoms with Crippen LogP contribution in [0.4, 0.5) is 10.2 Å². The minimum Gasteiger partial charge on any atom is -0.384 e. The lowest BCUT2D eigenvalue weighted by atomic mass is 10.0. The summed E-state index contributed by atoms with van der Waals surface area (Å²) in [7, 11) is 0. The van der Waals surface area contributed by atoms with Crippen molar-refractivity contribution in [1.29, 1.82) is 0 Å². The number of rotatable bonds is 4. The summed E-state index contributed by atoms with van der Waals surface area (Å²) >= 11 is 0. The van der Waals surface area contributed by atoms with Crippen molar-refractivity contribution >= 4 is 11.6 Å². The van der Waals surface area contributed by atoms with Crippen LogP contribution < -0.4 is 5.73 Å². The molecule has 0 aliphatic rings. The summed E-state index contributed by atoms with van der Waals surface area (Å²) in [5, 5.41) is 0. The third kappa shape index (κ3) is 3.13. The molecule has 0 saturated carbocycles. The number of nitrogen functional groups attached to an aromatic ring is 1. The largest absolute Gasteiger partial charge is 0.384 e. The molecule has 2 N–H and O–H groups in total. The molecule has 1 aromatic heterocycles. The predicted molar refractivity (Wildman–Crippen MR) is 67.5 cm³/mol. The van der Waals surface area contributed by atoms with Gasteiger partial charge < -0.3 is 5.73 Å². The van der Waals surface area contributed by atoms with Gasteiger partial charge in [-0.3, -0.25) is 4.79 Å². The summed E-state index contributed by atoms with van der Waals surface area (Å²) in [6.07, 6.45) is 1.89. The standard InChI is InChI=1S/C14H13FN2O/c15-13-4-2-1-3-11(13)9-12(18)7-10-5-6-17-14(16)8-10/h1-6,8H,7,9H2,(H2,16,17). The second kappa shape index (κ2) is 5.40. The quantitative estimate of drug-likeness (QED) is 0.896. The van der Waals surface area contributed by atoms with Crippen molar-refractivity contribution in [3.8, 4) is 0 Å². The molecule has 2 aromatic rings. The molecule has 2 rings (SSSR count). The number of Topliss-reactive ketones (excluding diaryl/α,β-unsaturated/α-hetero) is 1. The second-order valence-corrected chi connectivity index (χ2v) is 4.07. The molecule has 0 saturated heterocycles. The van der Waals surface area contributed by atoms with Crippen LogP contribution in [0.15, 0.2) is 42.6 Å². The number of carbonyl (C=O) groups is 1. The molecule has 4 heteroatoms. The van der Waals surface area contributed by atoms with Crippen LogP contribution in [-0.4, -0.2) is 10.8 Å². The zero-order valence-corrected chi connectivity index (χ0v) is 9.77. The number of ketones is 1. The fourth-order valence-corrected chi connectivity index (χ4v) is 1.75. The van der Waals surface area contributed by atoms with Gasteiger partial charge in [-0.25, -0.2) is 9.37 Å². The lowest BCUT2D eigenvalue weighted by Crippen LogP contribution is -2.08. The van der Waals surface area contributed by atoms with Gasteiger partial charge in [0.2, 0.25) is 0 Å². The van der Waals surface area contributed by atoms with E-state index in [9.17, 15) is 9.18 Å². The number of nitrogens with two attached hydrogens (primary N) is 1. The molecule has 0 spiro atoms. The lowest BCUT2D eigenvalue weighted by molar-refractivity contribution is -0.117. The molecule has 0 unspecified atom stereocenters. The number of hydrogen-bond donors (Lipinski definition) is 1. The SMILES string of the molecule is Nc1cc(CC(=O)Cc2ccccc2F)ccn1. The lowest BCUT2D eigenvalue weighted by Gasteiger charge is -2.03. The zero-order chi connectivity index (χ0) is 13.0. The van der Waals surface area contributed by atoms with Crippen LogP contribution in [0, 0.1) is 5.82 Å². The molecular weight excluding hydrogens is 231 g/mol. The highest BCUT2D eigenvalue weighted by atomic mass is 19.1. The summed E-state index contributed by atoms with van der Waals surface area (Å²) in [6.45, 7) is 0. The summed E-state index contributed by atoms with van der Waals surface area (Å²) in [6, 6.07) is 9.68. The van der Waals surface area contributed by atoms with E-state index in [1.165, 1.54) is 6.07 Å². The van der Waals surface area contributed by atoms with E-state index in [0.29, 0.717) is 11.4 Å². The van der Waals surface area contributed by atoms with E-state index in [-0.39, 0.29) is 24.4 Å². The van der Waals surface area contributed by atoms with E-state index >= 15 is 0 Å². The Morgan fingerprint density at radius 3 is 2.72 bits per heavy atom. The Morgan fingerprint density at radius 1 is 1.22 bits per heavy atom. The highest BCUT2D eigenvalue weighted by molar-refractivity contribution is 5.83. The number of carbonyl (C=O) groups excluding carboxylic acids is 1. The van der Waals surface area contributed by atoms with Crippen LogP contribution in [0.1, 0.15) is 11.1 Å². The van der Waals surface area contributed by atoms with Crippen molar-refractivity contribution in [3.63, 3.8) is 0 Å². The fourth-order valence-electron chi connectivity index (χ4n) is 1.75. The van der Waals surface area contributed by atoms with Gasteiger partial charge in [-0.05, 0) is 29.3 Å². The smallest absolute Gasteiger partial charge is 0.141 e. The Bertz CT molecular complexity index is 569. The highest BCUT2D eigenvalue weighted by Crippen LogP contribution is 2.10. The van der Waals surface area contributed by atoms with E-state index in [2.05, 4.69) is 4.98 Å². The average molecular weight is 244 g/mol. The number of benzene rings is 1. The van der Waals surface area contributed by atoms with E-state index < -0.39 is 0 Å². The number of halogens is 1. The molecule has 18 heavy (non-hydrogen) atoms. The Hall–Kier alpha value is -2.23. The van der Waals surface area contributed by atoms with Crippen molar-refractivity contribution in [3.05, 3.63) is 59.5 Å². The third-order valence-corrected chi connectivity index (χ3v) is 2.59. The molecule has 0 aliphatic carbocycles. The van der Waals surface area contributed by atoms with Crippen LogP contribution in [0.2, 0.25) is 0 Å². The van der Waals surface area contributed by atoms with Gasteiger partial charge >= 0.3 is 0 Å². The molecular formula is C14H13FN2O.